The lowest BCUT2D eigenvalue weighted by atomic mass is 9.77. The number of ether oxygens (including phenoxy) is 3. The summed E-state index contributed by atoms with van der Waals surface area (Å²) < 4.78 is 17.4. The first-order valence-corrected chi connectivity index (χ1v) is 10.8. The average molecular weight is 443 g/mol. The van der Waals surface area contributed by atoms with Crippen LogP contribution in [-0.4, -0.2) is 41.5 Å². The zero-order valence-corrected chi connectivity index (χ0v) is 19.6. The molecule has 0 aromatic carbocycles. The van der Waals surface area contributed by atoms with Gasteiger partial charge in [-0.25, -0.2) is 14.4 Å². The molecular weight excluding hydrogens is 412 g/mol. The summed E-state index contributed by atoms with van der Waals surface area (Å²) in [5, 5.41) is 0. The van der Waals surface area contributed by atoms with Crippen molar-refractivity contribution in [1.29, 1.82) is 0 Å². The predicted molar refractivity (Wildman–Crippen MR) is 116 cm³/mol. The second kappa shape index (κ2) is 8.52. The minimum atomic E-state index is -1.68. The van der Waals surface area contributed by atoms with Crippen LogP contribution >= 0.6 is 0 Å². The van der Waals surface area contributed by atoms with Gasteiger partial charge in [-0.05, 0) is 54.5 Å². The van der Waals surface area contributed by atoms with Gasteiger partial charge in [0.15, 0.2) is 5.78 Å². The van der Waals surface area contributed by atoms with E-state index in [1.165, 1.54) is 6.92 Å². The van der Waals surface area contributed by atoms with Gasteiger partial charge in [-0.3, -0.25) is 4.79 Å². The standard InChI is InChI=1S/C25H30O7/c1-8-12(3)22(27)30-17-11-15(6)18-16(26)10-14(5)19(18)21-20(17)25(7,24(29)31-21)32-23(28)13(4)9-2/h8-10,17,19-21H,11H2,1-7H3/t17-,19+,20+,21-,25-/m0/s1. The van der Waals surface area contributed by atoms with Crippen LogP contribution in [0, 0.1) is 11.8 Å². The van der Waals surface area contributed by atoms with Crippen LogP contribution < -0.4 is 0 Å². The summed E-state index contributed by atoms with van der Waals surface area (Å²) in [5.74, 6) is -3.27. The molecule has 0 amide bonds. The maximum Gasteiger partial charge on any atom is 0.351 e. The molecule has 0 bridgehead atoms. The molecule has 1 fully saturated rings. The third-order valence-corrected chi connectivity index (χ3v) is 6.83. The smallest absolute Gasteiger partial charge is 0.351 e. The lowest BCUT2D eigenvalue weighted by Gasteiger charge is -2.34. The highest BCUT2D eigenvalue weighted by Gasteiger charge is 2.65. The van der Waals surface area contributed by atoms with Gasteiger partial charge in [0.2, 0.25) is 5.60 Å². The largest absolute Gasteiger partial charge is 0.458 e. The highest BCUT2D eigenvalue weighted by atomic mass is 16.6. The van der Waals surface area contributed by atoms with Gasteiger partial charge in [0.25, 0.3) is 0 Å². The molecule has 7 nitrogen and oxygen atoms in total. The van der Waals surface area contributed by atoms with Gasteiger partial charge in [-0.2, -0.15) is 0 Å². The first-order valence-electron chi connectivity index (χ1n) is 10.8. The van der Waals surface area contributed by atoms with Crippen molar-refractivity contribution in [2.45, 2.75) is 72.7 Å². The first-order chi connectivity index (χ1) is 15.0. The van der Waals surface area contributed by atoms with Gasteiger partial charge in [-0.1, -0.05) is 23.3 Å². The van der Waals surface area contributed by atoms with E-state index in [4.69, 9.17) is 14.2 Å². The zero-order chi connectivity index (χ0) is 24.0. The molecule has 3 aliphatic rings. The molecule has 0 unspecified atom stereocenters. The Morgan fingerprint density at radius 2 is 1.69 bits per heavy atom. The Hall–Kier alpha value is -2.96. The van der Waals surface area contributed by atoms with Crippen LogP contribution in [0.4, 0.5) is 0 Å². The molecule has 3 rings (SSSR count). The van der Waals surface area contributed by atoms with Crippen molar-refractivity contribution in [3.8, 4) is 0 Å². The van der Waals surface area contributed by atoms with Crippen LogP contribution in [0.1, 0.15) is 54.9 Å². The maximum atomic E-state index is 13.1. The van der Waals surface area contributed by atoms with E-state index in [-0.39, 0.29) is 12.2 Å². The number of esters is 3. The minimum absolute atomic E-state index is 0.133. The van der Waals surface area contributed by atoms with E-state index in [9.17, 15) is 19.2 Å². The molecule has 0 saturated carbocycles. The third-order valence-electron chi connectivity index (χ3n) is 6.83. The van der Waals surface area contributed by atoms with E-state index in [0.29, 0.717) is 16.7 Å². The summed E-state index contributed by atoms with van der Waals surface area (Å²) in [6.07, 6.45) is 3.39. The van der Waals surface area contributed by atoms with E-state index in [2.05, 4.69) is 0 Å². The second-order valence-corrected chi connectivity index (χ2v) is 8.91. The van der Waals surface area contributed by atoms with Crippen molar-refractivity contribution in [3.63, 3.8) is 0 Å². The Balaban J connectivity index is 2.12. The van der Waals surface area contributed by atoms with Crippen molar-refractivity contribution in [2.75, 3.05) is 0 Å². The topological polar surface area (TPSA) is 96.0 Å². The number of hydrogen-bond donors (Lipinski definition) is 0. The lowest BCUT2D eigenvalue weighted by molar-refractivity contribution is -0.175. The Kier molecular flexibility index (Phi) is 6.31. The van der Waals surface area contributed by atoms with Gasteiger partial charge in [0.05, 0.1) is 5.92 Å². The van der Waals surface area contributed by atoms with Gasteiger partial charge >= 0.3 is 17.9 Å². The van der Waals surface area contributed by atoms with Crippen LogP contribution in [-0.2, 0) is 33.4 Å². The molecule has 0 radical (unpaired) electrons. The summed E-state index contributed by atoms with van der Waals surface area (Å²) in [4.78, 5) is 51.1. The van der Waals surface area contributed by atoms with Crippen molar-refractivity contribution >= 4 is 23.7 Å². The molecule has 0 aromatic rings. The van der Waals surface area contributed by atoms with Gasteiger partial charge in [0.1, 0.15) is 12.2 Å². The molecule has 1 heterocycles. The normalized spacial score (nSPS) is 32.7. The Morgan fingerprint density at radius 3 is 2.28 bits per heavy atom. The summed E-state index contributed by atoms with van der Waals surface area (Å²) in [5.41, 5.74) is 1.18. The lowest BCUT2D eigenvalue weighted by Crippen LogP contribution is -2.50. The number of allylic oxidation sites excluding steroid dienone is 3. The van der Waals surface area contributed by atoms with Crippen LogP contribution in [0.15, 0.2) is 46.1 Å². The summed E-state index contributed by atoms with van der Waals surface area (Å²) >= 11 is 0. The number of hydrogen-bond acceptors (Lipinski definition) is 7. The van der Waals surface area contributed by atoms with Crippen LogP contribution in [0.25, 0.3) is 0 Å². The first kappa shape index (κ1) is 23.7. The van der Waals surface area contributed by atoms with E-state index in [1.807, 2.05) is 13.8 Å². The quantitative estimate of drug-likeness (QED) is 0.373. The monoisotopic (exact) mass is 442 g/mol. The molecule has 32 heavy (non-hydrogen) atoms. The molecule has 0 N–H and O–H groups in total. The third kappa shape index (κ3) is 3.74. The Labute approximate surface area is 188 Å². The van der Waals surface area contributed by atoms with Gasteiger partial charge < -0.3 is 14.2 Å². The van der Waals surface area contributed by atoms with Crippen molar-refractivity contribution in [1.82, 2.24) is 0 Å². The highest BCUT2D eigenvalue weighted by molar-refractivity contribution is 6.09. The fourth-order valence-corrected chi connectivity index (χ4v) is 4.76. The molecule has 1 saturated heterocycles. The number of ketones is 1. The average Bonchev–Trinajstić information content (AvgIpc) is 3.12. The van der Waals surface area contributed by atoms with E-state index >= 15 is 0 Å². The molecule has 0 spiro atoms. The molecule has 2 aliphatic carbocycles. The fraction of sp³-hybridized carbons (Fsp3) is 0.520. The van der Waals surface area contributed by atoms with E-state index < -0.39 is 47.6 Å². The van der Waals surface area contributed by atoms with Crippen molar-refractivity contribution in [2.24, 2.45) is 11.8 Å². The summed E-state index contributed by atoms with van der Waals surface area (Å²) in [6, 6.07) is 0. The maximum absolute atomic E-state index is 13.1. The second-order valence-electron chi connectivity index (χ2n) is 8.91. The van der Waals surface area contributed by atoms with Crippen LogP contribution in [0.3, 0.4) is 0 Å². The Bertz CT molecular complexity index is 1010. The molecule has 0 aromatic heterocycles. The number of rotatable bonds is 4. The molecular formula is C25H30O7. The van der Waals surface area contributed by atoms with Crippen LogP contribution in [0.2, 0.25) is 0 Å². The van der Waals surface area contributed by atoms with E-state index in [0.717, 1.165) is 11.1 Å². The number of fused-ring (bicyclic) bond motifs is 3. The molecule has 7 heteroatoms. The minimum Gasteiger partial charge on any atom is -0.458 e. The summed E-state index contributed by atoms with van der Waals surface area (Å²) in [7, 11) is 0. The highest BCUT2D eigenvalue weighted by Crippen LogP contribution is 2.51. The fourth-order valence-electron chi connectivity index (χ4n) is 4.76. The SMILES string of the molecule is CC=C(C)C(=O)O[C@H]1CC(C)=C2C(=O)C=C(C)[C@H]2[C@@H]2OC(=O)[C@@](C)(OC(=O)C(C)=CC)[C@@H]21. The van der Waals surface area contributed by atoms with Gasteiger partial charge in [0, 0.05) is 29.1 Å². The Morgan fingerprint density at radius 1 is 1.09 bits per heavy atom. The van der Waals surface area contributed by atoms with Gasteiger partial charge in [-0.15, -0.1) is 0 Å². The zero-order valence-electron chi connectivity index (χ0n) is 19.6. The predicted octanol–water partition coefficient (Wildman–Crippen LogP) is 3.54. The van der Waals surface area contributed by atoms with Crippen molar-refractivity contribution < 1.29 is 33.4 Å². The molecule has 1 aliphatic heterocycles. The molecule has 172 valence electrons. The van der Waals surface area contributed by atoms with Crippen LogP contribution in [0.5, 0.6) is 0 Å². The van der Waals surface area contributed by atoms with E-state index in [1.54, 1.807) is 45.9 Å². The number of carbonyl (C=O) groups excluding carboxylic acids is 4. The molecule has 5 atom stereocenters. The summed E-state index contributed by atoms with van der Waals surface area (Å²) in [6.45, 7) is 11.8. The van der Waals surface area contributed by atoms with Crippen molar-refractivity contribution in [3.05, 3.63) is 46.1 Å². The number of carbonyl (C=O) groups is 4.